The highest BCUT2D eigenvalue weighted by Crippen LogP contribution is 2.23. The van der Waals surface area contributed by atoms with Crippen LogP contribution in [-0.2, 0) is 26.2 Å². The molecule has 2 amide bonds. The van der Waals surface area contributed by atoms with Gasteiger partial charge in [-0.15, -0.1) is 0 Å². The van der Waals surface area contributed by atoms with Crippen LogP contribution in [0.1, 0.15) is 38.2 Å². The molecule has 10 heteroatoms. The van der Waals surface area contributed by atoms with Crippen LogP contribution in [0.5, 0.6) is 0 Å². The third kappa shape index (κ3) is 7.20. The van der Waals surface area contributed by atoms with E-state index in [1.165, 1.54) is 11.0 Å². The second-order valence-electron chi connectivity index (χ2n) is 8.56. The van der Waals surface area contributed by atoms with Crippen molar-refractivity contribution in [1.29, 1.82) is 0 Å². The van der Waals surface area contributed by atoms with E-state index in [0.29, 0.717) is 5.02 Å². The van der Waals surface area contributed by atoms with Crippen LogP contribution in [0.3, 0.4) is 0 Å². The molecule has 0 saturated heterocycles. The summed E-state index contributed by atoms with van der Waals surface area (Å²) >= 11 is 9.46. The third-order valence-corrected chi connectivity index (χ3v) is 7.81. The van der Waals surface area contributed by atoms with Gasteiger partial charge in [-0.1, -0.05) is 58.6 Å². The Balaban J connectivity index is 1.87. The molecule has 1 saturated carbocycles. The summed E-state index contributed by atoms with van der Waals surface area (Å²) in [6.07, 6.45) is 5.04. The quantitative estimate of drug-likeness (QED) is 0.486. The summed E-state index contributed by atoms with van der Waals surface area (Å²) in [5.41, 5.74) is 1.11. The summed E-state index contributed by atoms with van der Waals surface area (Å²) in [4.78, 5) is 28.0. The maximum atomic E-state index is 13.5. The van der Waals surface area contributed by atoms with Gasteiger partial charge in [0.15, 0.2) is 0 Å². The van der Waals surface area contributed by atoms with E-state index in [9.17, 15) is 18.0 Å². The van der Waals surface area contributed by atoms with E-state index < -0.39 is 28.5 Å². The Kier molecular flexibility index (Phi) is 9.01. The van der Waals surface area contributed by atoms with Gasteiger partial charge in [-0.05, 0) is 55.7 Å². The first kappa shape index (κ1) is 26.5. The molecule has 1 unspecified atom stereocenters. The molecule has 1 aliphatic rings. The van der Waals surface area contributed by atoms with Crippen LogP contribution in [0.25, 0.3) is 0 Å². The van der Waals surface area contributed by atoms with Crippen LogP contribution < -0.4 is 9.62 Å². The number of halogens is 2. The van der Waals surface area contributed by atoms with Gasteiger partial charge in [0.05, 0.1) is 11.9 Å². The first-order valence-electron chi connectivity index (χ1n) is 11.1. The molecule has 0 radical (unpaired) electrons. The fraction of sp³-hybridized carbons (Fsp3) is 0.417. The normalized spacial score (nSPS) is 15.1. The van der Waals surface area contributed by atoms with E-state index in [-0.39, 0.29) is 24.2 Å². The van der Waals surface area contributed by atoms with Crippen molar-refractivity contribution in [3.63, 3.8) is 0 Å². The zero-order chi connectivity index (χ0) is 24.9. The van der Waals surface area contributed by atoms with Crippen molar-refractivity contribution in [3.8, 4) is 0 Å². The van der Waals surface area contributed by atoms with Crippen molar-refractivity contribution in [2.45, 2.75) is 51.2 Å². The summed E-state index contributed by atoms with van der Waals surface area (Å²) in [5.74, 6) is -0.728. The average molecular weight is 571 g/mol. The van der Waals surface area contributed by atoms with Gasteiger partial charge in [0.1, 0.15) is 12.6 Å². The van der Waals surface area contributed by atoms with Crippen LogP contribution >= 0.6 is 27.5 Å². The van der Waals surface area contributed by atoms with Crippen molar-refractivity contribution in [2.24, 2.45) is 0 Å². The van der Waals surface area contributed by atoms with Gasteiger partial charge in [0.2, 0.25) is 21.8 Å². The lowest BCUT2D eigenvalue weighted by atomic mass is 10.1. The number of benzene rings is 2. The van der Waals surface area contributed by atoms with E-state index in [0.717, 1.165) is 46.3 Å². The number of carbonyl (C=O) groups excluding carboxylic acids is 2. The van der Waals surface area contributed by atoms with Gasteiger partial charge >= 0.3 is 0 Å². The Morgan fingerprint density at radius 1 is 1.15 bits per heavy atom. The van der Waals surface area contributed by atoms with Crippen LogP contribution in [0, 0.1) is 0 Å². The number of nitrogens with one attached hydrogen (secondary N) is 1. The van der Waals surface area contributed by atoms with Gasteiger partial charge in [-0.2, -0.15) is 0 Å². The Morgan fingerprint density at radius 3 is 2.38 bits per heavy atom. The number of rotatable bonds is 9. The lowest BCUT2D eigenvalue weighted by molar-refractivity contribution is -0.139. The molecule has 1 aliphatic carbocycles. The topological polar surface area (TPSA) is 86.8 Å². The molecule has 0 heterocycles. The zero-order valence-electron chi connectivity index (χ0n) is 19.2. The van der Waals surface area contributed by atoms with Crippen molar-refractivity contribution in [3.05, 3.63) is 63.6 Å². The monoisotopic (exact) mass is 569 g/mol. The molecule has 0 aliphatic heterocycles. The minimum absolute atomic E-state index is 0.110. The maximum absolute atomic E-state index is 13.5. The molecule has 34 heavy (non-hydrogen) atoms. The summed E-state index contributed by atoms with van der Waals surface area (Å²) in [5, 5.41) is 3.40. The lowest BCUT2D eigenvalue weighted by Crippen LogP contribution is -2.52. The largest absolute Gasteiger partial charge is 0.352 e. The number of hydrogen-bond acceptors (Lipinski definition) is 4. The van der Waals surface area contributed by atoms with Gasteiger partial charge in [-0.25, -0.2) is 8.42 Å². The number of hydrogen-bond donors (Lipinski definition) is 1. The van der Waals surface area contributed by atoms with Gasteiger partial charge in [0.25, 0.3) is 0 Å². The van der Waals surface area contributed by atoms with Crippen molar-refractivity contribution < 1.29 is 18.0 Å². The minimum Gasteiger partial charge on any atom is -0.352 e. The van der Waals surface area contributed by atoms with Crippen molar-refractivity contribution in [2.75, 3.05) is 17.1 Å². The molecule has 184 valence electrons. The fourth-order valence-corrected chi connectivity index (χ4v) is 5.30. The second kappa shape index (κ2) is 11.6. The number of carbonyl (C=O) groups is 2. The highest BCUT2D eigenvalue weighted by Gasteiger charge is 2.31. The number of amides is 2. The maximum Gasteiger partial charge on any atom is 0.244 e. The molecular formula is C24H29BrClN3O4S. The van der Waals surface area contributed by atoms with Crippen LogP contribution in [0.4, 0.5) is 5.69 Å². The molecular weight excluding hydrogens is 542 g/mol. The van der Waals surface area contributed by atoms with E-state index in [4.69, 9.17) is 11.6 Å². The number of nitrogens with zero attached hydrogens (tertiary/aromatic N) is 2. The standard InChI is InChI=1S/C24H29BrClN3O4S/c1-17(24(31)27-21-7-3-4-8-21)28(15-18-10-12-19(25)13-11-18)23(30)16-29(34(2,32)33)22-9-5-6-20(26)14-22/h5-6,9-14,17,21H,3-4,7-8,15-16H2,1-2H3,(H,27,31). The number of sulfonamides is 1. The molecule has 0 aromatic heterocycles. The lowest BCUT2D eigenvalue weighted by Gasteiger charge is -2.32. The first-order chi connectivity index (χ1) is 16.0. The van der Waals surface area contributed by atoms with E-state index in [1.54, 1.807) is 25.1 Å². The van der Waals surface area contributed by atoms with Gasteiger partial charge < -0.3 is 10.2 Å². The Hall–Kier alpha value is -2.10. The van der Waals surface area contributed by atoms with Crippen molar-refractivity contribution >= 4 is 55.1 Å². The Labute approximate surface area is 214 Å². The summed E-state index contributed by atoms with van der Waals surface area (Å²) in [6.45, 7) is 1.39. The van der Waals surface area contributed by atoms with E-state index >= 15 is 0 Å². The third-order valence-electron chi connectivity index (χ3n) is 5.91. The second-order valence-corrected chi connectivity index (χ2v) is 11.8. The van der Waals surface area contributed by atoms with Crippen molar-refractivity contribution in [1.82, 2.24) is 10.2 Å². The highest BCUT2D eigenvalue weighted by molar-refractivity contribution is 9.10. The smallest absolute Gasteiger partial charge is 0.244 e. The molecule has 0 bridgehead atoms. The average Bonchev–Trinajstić information content (AvgIpc) is 3.28. The van der Waals surface area contributed by atoms with Crippen LogP contribution in [-0.4, -0.2) is 50.0 Å². The Bertz CT molecular complexity index is 1120. The molecule has 2 aromatic carbocycles. The predicted octanol–water partition coefficient (Wildman–Crippen LogP) is 4.34. The zero-order valence-corrected chi connectivity index (χ0v) is 22.4. The molecule has 2 aromatic rings. The molecule has 3 rings (SSSR count). The summed E-state index contributed by atoms with van der Waals surface area (Å²) < 4.78 is 27.0. The molecule has 1 atom stereocenters. The highest BCUT2D eigenvalue weighted by atomic mass is 79.9. The molecule has 7 nitrogen and oxygen atoms in total. The molecule has 1 N–H and O–H groups in total. The van der Waals surface area contributed by atoms with Crippen LogP contribution in [0.2, 0.25) is 5.02 Å². The molecule has 1 fully saturated rings. The molecule has 0 spiro atoms. The SMILES string of the molecule is CC(C(=O)NC1CCCC1)N(Cc1ccc(Br)cc1)C(=O)CN(c1cccc(Cl)c1)S(C)(=O)=O. The Morgan fingerprint density at radius 2 is 1.79 bits per heavy atom. The summed E-state index contributed by atoms with van der Waals surface area (Å²) in [6, 6.07) is 13.1. The van der Waals surface area contributed by atoms with Gasteiger partial charge in [-0.3, -0.25) is 13.9 Å². The van der Waals surface area contributed by atoms with Gasteiger partial charge in [0, 0.05) is 22.1 Å². The predicted molar refractivity (Wildman–Crippen MR) is 138 cm³/mol. The minimum atomic E-state index is -3.79. The number of anilines is 1. The fourth-order valence-electron chi connectivity index (χ4n) is 4.01. The first-order valence-corrected chi connectivity index (χ1v) is 14.1. The van der Waals surface area contributed by atoms with E-state index in [1.807, 2.05) is 24.3 Å². The summed E-state index contributed by atoms with van der Waals surface area (Å²) in [7, 11) is -3.79. The van der Waals surface area contributed by atoms with Crippen LogP contribution in [0.15, 0.2) is 53.0 Å². The van der Waals surface area contributed by atoms with E-state index in [2.05, 4.69) is 21.2 Å².